The summed E-state index contributed by atoms with van der Waals surface area (Å²) >= 11 is 0. The van der Waals surface area contributed by atoms with Crippen LogP contribution in [0.1, 0.15) is 83.1 Å². The van der Waals surface area contributed by atoms with Gasteiger partial charge in [0.05, 0.1) is 16.1 Å². The van der Waals surface area contributed by atoms with E-state index in [1.807, 2.05) is 0 Å². The summed E-state index contributed by atoms with van der Waals surface area (Å²) < 4.78 is 0. The Morgan fingerprint density at radius 3 is 0.667 bits per heavy atom. The number of rotatable bonds is 9. The maximum atomic E-state index is 2.66. The molecule has 0 aromatic carbocycles. The summed E-state index contributed by atoms with van der Waals surface area (Å²) in [6.07, 6.45) is 4.86. The van der Waals surface area contributed by atoms with Gasteiger partial charge >= 0.3 is 0 Å². The van der Waals surface area contributed by atoms with Gasteiger partial charge in [0, 0.05) is 0 Å². The van der Waals surface area contributed by atoms with Crippen LogP contribution in [0, 0.1) is 0 Å². The molecule has 0 nitrogen and oxygen atoms in total. The van der Waals surface area contributed by atoms with Crippen LogP contribution in [0.15, 0.2) is 23.6 Å². The maximum absolute atomic E-state index is 2.66. The fourth-order valence-corrected chi connectivity index (χ4v) is 16.8. The molecule has 0 bridgehead atoms. The first kappa shape index (κ1) is 23.9. The highest BCUT2D eigenvalue weighted by molar-refractivity contribution is 6.88. The van der Waals surface area contributed by atoms with Crippen molar-refractivity contribution in [2.45, 2.75) is 116 Å². The van der Waals surface area contributed by atoms with Crippen molar-refractivity contribution in [2.24, 2.45) is 0 Å². The molecule has 0 spiro atoms. The maximum Gasteiger partial charge on any atom is 0.0853 e. The lowest BCUT2D eigenvalue weighted by Crippen LogP contribution is -2.43. The molecule has 2 heteroatoms. The molecule has 0 saturated carbocycles. The van der Waals surface area contributed by atoms with Gasteiger partial charge in [-0.15, -0.1) is 0 Å². The minimum atomic E-state index is -1.42. The molecule has 142 valence electrons. The lowest BCUT2D eigenvalue weighted by Gasteiger charge is -2.41. The van der Waals surface area contributed by atoms with Crippen molar-refractivity contribution in [2.75, 3.05) is 0 Å². The third-order valence-corrected chi connectivity index (χ3v) is 20.4. The van der Waals surface area contributed by atoms with Crippen molar-refractivity contribution < 1.29 is 0 Å². The first-order chi connectivity index (χ1) is 10.9. The SMILES string of the molecule is CC(C)[Si](C=CC=C[Si](C(C)C)(C(C)C)C(C)C)(C(C)C)C(C)C. The molecular weight excluding hydrogens is 320 g/mol. The Labute approximate surface area is 156 Å². The van der Waals surface area contributed by atoms with Crippen LogP contribution in [0.25, 0.3) is 0 Å². The largest absolute Gasteiger partial charge is 0.0935 e. The summed E-state index contributed by atoms with van der Waals surface area (Å²) in [7, 11) is -2.84. The summed E-state index contributed by atoms with van der Waals surface area (Å²) in [5.74, 6) is 0. The van der Waals surface area contributed by atoms with E-state index in [0.717, 1.165) is 33.2 Å². The van der Waals surface area contributed by atoms with E-state index in [9.17, 15) is 0 Å². The zero-order valence-electron chi connectivity index (χ0n) is 18.8. The van der Waals surface area contributed by atoms with Crippen molar-refractivity contribution in [3.63, 3.8) is 0 Å². The van der Waals surface area contributed by atoms with Crippen LogP contribution in [0.4, 0.5) is 0 Å². The number of allylic oxidation sites excluding steroid dienone is 2. The van der Waals surface area contributed by atoms with E-state index in [1.54, 1.807) is 0 Å². The predicted octanol–water partition coefficient (Wildman–Crippen LogP) is 8.53. The van der Waals surface area contributed by atoms with E-state index < -0.39 is 16.1 Å². The van der Waals surface area contributed by atoms with Crippen LogP contribution in [0.5, 0.6) is 0 Å². The van der Waals surface area contributed by atoms with Gasteiger partial charge in [-0.05, 0) is 33.2 Å². The molecule has 0 unspecified atom stereocenters. The van der Waals surface area contributed by atoms with E-state index in [-0.39, 0.29) is 0 Å². The molecule has 0 aliphatic rings. The Morgan fingerprint density at radius 2 is 0.542 bits per heavy atom. The Balaban J connectivity index is 5.73. The summed E-state index contributed by atoms with van der Waals surface area (Å²) in [6.45, 7) is 29.3. The minimum absolute atomic E-state index is 0.796. The lowest BCUT2D eigenvalue weighted by molar-refractivity contribution is 0.832. The van der Waals surface area contributed by atoms with Gasteiger partial charge in [-0.25, -0.2) is 0 Å². The summed E-state index contributed by atoms with van der Waals surface area (Å²) in [4.78, 5) is 0. The molecule has 0 rings (SSSR count). The van der Waals surface area contributed by atoms with Crippen LogP contribution < -0.4 is 0 Å². The first-order valence-electron chi connectivity index (χ1n) is 10.2. The summed E-state index contributed by atoms with van der Waals surface area (Å²) in [6, 6.07) is 0. The van der Waals surface area contributed by atoms with Crippen molar-refractivity contribution in [1.29, 1.82) is 0 Å². The van der Waals surface area contributed by atoms with E-state index >= 15 is 0 Å². The van der Waals surface area contributed by atoms with Crippen molar-refractivity contribution in [3.8, 4) is 0 Å². The molecule has 0 heterocycles. The topological polar surface area (TPSA) is 0 Å². The second kappa shape index (κ2) is 9.57. The van der Waals surface area contributed by atoms with Crippen molar-refractivity contribution in [1.82, 2.24) is 0 Å². The van der Waals surface area contributed by atoms with Gasteiger partial charge in [-0.3, -0.25) is 0 Å². The standard InChI is InChI=1S/C22H46Si2/c1-17(2)23(18(3)4,19(5)6)15-13-14-16-24(20(7)8,21(9)10)22(11)12/h13-22H,1-12H3. The molecule has 0 fully saturated rings. The number of hydrogen-bond acceptors (Lipinski definition) is 0. The molecular formula is C22H46Si2. The Hall–Kier alpha value is -0.0862. The average molecular weight is 367 g/mol. The zero-order valence-corrected chi connectivity index (χ0v) is 20.8. The van der Waals surface area contributed by atoms with E-state index in [0.29, 0.717) is 0 Å². The van der Waals surface area contributed by atoms with Crippen molar-refractivity contribution in [3.05, 3.63) is 23.6 Å². The molecule has 0 amide bonds. The number of hydrogen-bond donors (Lipinski definition) is 0. The molecule has 0 aliphatic carbocycles. The van der Waals surface area contributed by atoms with Gasteiger partial charge < -0.3 is 0 Å². The van der Waals surface area contributed by atoms with Crippen LogP contribution in [-0.2, 0) is 0 Å². The van der Waals surface area contributed by atoms with Gasteiger partial charge in [0.15, 0.2) is 0 Å². The van der Waals surface area contributed by atoms with Crippen LogP contribution in [0.2, 0.25) is 33.2 Å². The van der Waals surface area contributed by atoms with Gasteiger partial charge in [-0.1, -0.05) is 107 Å². The highest BCUT2D eigenvalue weighted by atomic mass is 28.3. The molecule has 0 N–H and O–H groups in total. The molecule has 0 radical (unpaired) electrons. The quantitative estimate of drug-likeness (QED) is 0.283. The minimum Gasteiger partial charge on any atom is -0.0935 e. The second-order valence-corrected chi connectivity index (χ2v) is 21.2. The normalized spacial score (nSPS) is 14.9. The van der Waals surface area contributed by atoms with Crippen molar-refractivity contribution >= 4 is 16.1 Å². The molecule has 0 aliphatic heterocycles. The monoisotopic (exact) mass is 366 g/mol. The lowest BCUT2D eigenvalue weighted by atomic mass is 10.5. The molecule has 0 aromatic rings. The highest BCUT2D eigenvalue weighted by Crippen LogP contribution is 2.44. The first-order valence-corrected chi connectivity index (χ1v) is 14.9. The Morgan fingerprint density at radius 1 is 0.375 bits per heavy atom. The van der Waals surface area contributed by atoms with Crippen LogP contribution in [-0.4, -0.2) is 16.1 Å². The zero-order chi connectivity index (χ0) is 19.3. The summed E-state index contributed by atoms with van der Waals surface area (Å²) in [5, 5.41) is 0. The smallest absolute Gasteiger partial charge is 0.0853 e. The van der Waals surface area contributed by atoms with E-state index in [2.05, 4.69) is 107 Å². The van der Waals surface area contributed by atoms with E-state index in [1.165, 1.54) is 0 Å². The average Bonchev–Trinajstić information content (AvgIpc) is 2.40. The fourth-order valence-electron chi connectivity index (χ4n) is 5.60. The van der Waals surface area contributed by atoms with Gasteiger partial charge in [0.2, 0.25) is 0 Å². The fraction of sp³-hybridized carbons (Fsp3) is 0.818. The predicted molar refractivity (Wildman–Crippen MR) is 120 cm³/mol. The van der Waals surface area contributed by atoms with Gasteiger partial charge in [0.1, 0.15) is 0 Å². The van der Waals surface area contributed by atoms with Gasteiger partial charge in [-0.2, -0.15) is 0 Å². The molecule has 0 saturated heterocycles. The Bertz CT molecular complexity index is 328. The van der Waals surface area contributed by atoms with Crippen LogP contribution >= 0.6 is 0 Å². The third-order valence-electron chi connectivity index (χ3n) is 6.88. The van der Waals surface area contributed by atoms with E-state index in [4.69, 9.17) is 0 Å². The van der Waals surface area contributed by atoms with Gasteiger partial charge in [0.25, 0.3) is 0 Å². The molecule has 24 heavy (non-hydrogen) atoms. The third kappa shape index (κ3) is 4.75. The molecule has 0 atom stereocenters. The molecule has 0 aromatic heterocycles. The second-order valence-electron chi connectivity index (χ2n) is 9.65. The summed E-state index contributed by atoms with van der Waals surface area (Å²) in [5.41, 5.74) is 10.1. The van der Waals surface area contributed by atoms with Crippen LogP contribution in [0.3, 0.4) is 0 Å². The highest BCUT2D eigenvalue weighted by Gasteiger charge is 2.41. The Kier molecular flexibility index (Phi) is 9.53.